The SMILES string of the molecule is O=C(O)/C=C/CCC[C@H](O)c1cc(I)ccc1O. The zero-order valence-electron chi connectivity index (χ0n) is 9.71. The summed E-state index contributed by atoms with van der Waals surface area (Å²) in [5.41, 5.74) is 0.518. The molecule has 0 spiro atoms. The van der Waals surface area contributed by atoms with Gasteiger partial charge in [0, 0.05) is 15.2 Å². The van der Waals surface area contributed by atoms with Gasteiger partial charge in [-0.25, -0.2) is 4.79 Å². The fourth-order valence-corrected chi connectivity index (χ4v) is 2.08. The van der Waals surface area contributed by atoms with Gasteiger partial charge in [0.05, 0.1) is 6.10 Å². The summed E-state index contributed by atoms with van der Waals surface area (Å²) >= 11 is 2.12. The van der Waals surface area contributed by atoms with Gasteiger partial charge in [0.25, 0.3) is 0 Å². The van der Waals surface area contributed by atoms with E-state index in [0.29, 0.717) is 24.8 Å². The van der Waals surface area contributed by atoms with Crippen LogP contribution in [-0.4, -0.2) is 21.3 Å². The van der Waals surface area contributed by atoms with Crippen molar-refractivity contribution in [2.24, 2.45) is 0 Å². The molecule has 1 aromatic carbocycles. The number of halogens is 1. The number of aliphatic hydroxyl groups excluding tert-OH is 1. The fraction of sp³-hybridized carbons (Fsp3) is 0.308. The van der Waals surface area contributed by atoms with Crippen LogP contribution in [0.4, 0.5) is 0 Å². The van der Waals surface area contributed by atoms with E-state index in [2.05, 4.69) is 22.6 Å². The second-order valence-corrected chi connectivity index (χ2v) is 5.14. The molecule has 1 atom stereocenters. The molecule has 4 nitrogen and oxygen atoms in total. The lowest BCUT2D eigenvalue weighted by Crippen LogP contribution is -1.98. The number of phenols is 1. The molecule has 98 valence electrons. The van der Waals surface area contributed by atoms with E-state index in [4.69, 9.17) is 5.11 Å². The minimum Gasteiger partial charge on any atom is -0.508 e. The van der Waals surface area contributed by atoms with Crippen molar-refractivity contribution in [2.45, 2.75) is 25.4 Å². The van der Waals surface area contributed by atoms with Gasteiger partial charge >= 0.3 is 5.97 Å². The maximum absolute atomic E-state index is 10.2. The molecule has 0 aliphatic carbocycles. The Morgan fingerprint density at radius 2 is 2.17 bits per heavy atom. The highest BCUT2D eigenvalue weighted by molar-refractivity contribution is 14.1. The monoisotopic (exact) mass is 362 g/mol. The Labute approximate surface area is 119 Å². The lowest BCUT2D eigenvalue weighted by atomic mass is 10.0. The van der Waals surface area contributed by atoms with Gasteiger partial charge in [-0.3, -0.25) is 0 Å². The van der Waals surface area contributed by atoms with Crippen LogP contribution in [0.2, 0.25) is 0 Å². The average molecular weight is 362 g/mol. The Balaban J connectivity index is 2.47. The first-order valence-electron chi connectivity index (χ1n) is 5.56. The van der Waals surface area contributed by atoms with Crippen LogP contribution in [0.3, 0.4) is 0 Å². The van der Waals surface area contributed by atoms with Crippen LogP contribution in [0.15, 0.2) is 30.4 Å². The Kier molecular flexibility index (Phi) is 6.14. The largest absolute Gasteiger partial charge is 0.508 e. The van der Waals surface area contributed by atoms with Crippen molar-refractivity contribution >= 4 is 28.6 Å². The lowest BCUT2D eigenvalue weighted by Gasteiger charge is -2.12. The summed E-state index contributed by atoms with van der Waals surface area (Å²) in [5.74, 6) is -0.880. The number of aliphatic carboxylic acids is 1. The molecule has 0 aromatic heterocycles. The van der Waals surface area contributed by atoms with E-state index < -0.39 is 12.1 Å². The van der Waals surface area contributed by atoms with Gasteiger partial charge in [-0.15, -0.1) is 0 Å². The minimum atomic E-state index is -0.967. The summed E-state index contributed by atoms with van der Waals surface area (Å²) in [7, 11) is 0. The van der Waals surface area contributed by atoms with Gasteiger partial charge in [-0.2, -0.15) is 0 Å². The smallest absolute Gasteiger partial charge is 0.327 e. The Morgan fingerprint density at radius 1 is 1.44 bits per heavy atom. The number of allylic oxidation sites excluding steroid dienone is 1. The van der Waals surface area contributed by atoms with Gasteiger partial charge in [-0.1, -0.05) is 6.08 Å². The first-order valence-corrected chi connectivity index (χ1v) is 6.64. The van der Waals surface area contributed by atoms with E-state index in [9.17, 15) is 15.0 Å². The molecule has 0 saturated heterocycles. The number of phenolic OH excluding ortho intramolecular Hbond substituents is 1. The van der Waals surface area contributed by atoms with E-state index in [1.165, 1.54) is 0 Å². The summed E-state index contributed by atoms with van der Waals surface area (Å²) in [6.45, 7) is 0. The van der Waals surface area contributed by atoms with Crippen LogP contribution in [0, 0.1) is 3.57 Å². The van der Waals surface area contributed by atoms with Crippen LogP contribution in [0.1, 0.15) is 30.9 Å². The first kappa shape index (κ1) is 15.0. The first-order chi connectivity index (χ1) is 8.50. The van der Waals surface area contributed by atoms with Crippen molar-refractivity contribution in [3.05, 3.63) is 39.5 Å². The van der Waals surface area contributed by atoms with Crippen molar-refractivity contribution in [1.82, 2.24) is 0 Å². The Hall–Kier alpha value is -1.08. The molecule has 0 radical (unpaired) electrons. The summed E-state index contributed by atoms with van der Waals surface area (Å²) in [4.78, 5) is 10.2. The van der Waals surface area contributed by atoms with E-state index in [1.807, 2.05) is 0 Å². The summed E-state index contributed by atoms with van der Waals surface area (Å²) in [6.07, 6.45) is 3.67. The molecule has 0 bridgehead atoms. The van der Waals surface area contributed by atoms with Crippen LogP contribution in [0.5, 0.6) is 5.75 Å². The summed E-state index contributed by atoms with van der Waals surface area (Å²) < 4.78 is 0.949. The lowest BCUT2D eigenvalue weighted by molar-refractivity contribution is -0.131. The highest BCUT2D eigenvalue weighted by Crippen LogP contribution is 2.29. The van der Waals surface area contributed by atoms with Gasteiger partial charge in [0.1, 0.15) is 5.75 Å². The maximum Gasteiger partial charge on any atom is 0.327 e. The standard InChI is InChI=1S/C13H15IO4/c14-9-6-7-12(16)10(8-9)11(15)4-2-1-3-5-13(17)18/h3,5-8,11,15-16H,1-2,4H2,(H,17,18)/b5-3+/t11-/m0/s1. The van der Waals surface area contributed by atoms with Gasteiger partial charge < -0.3 is 15.3 Å². The average Bonchev–Trinajstić information content (AvgIpc) is 2.31. The number of aliphatic hydroxyl groups is 1. The van der Waals surface area contributed by atoms with E-state index >= 15 is 0 Å². The third-order valence-corrected chi connectivity index (χ3v) is 3.13. The molecule has 0 fully saturated rings. The molecule has 0 heterocycles. The number of benzene rings is 1. The topological polar surface area (TPSA) is 77.8 Å². The number of carboxylic acid groups (broad SMARTS) is 1. The van der Waals surface area contributed by atoms with Gasteiger partial charge in [0.2, 0.25) is 0 Å². The molecule has 0 amide bonds. The Bertz CT molecular complexity index is 443. The molecule has 0 unspecified atom stereocenters. The maximum atomic E-state index is 10.2. The summed E-state index contributed by atoms with van der Waals surface area (Å²) in [5, 5.41) is 28.0. The highest BCUT2D eigenvalue weighted by Gasteiger charge is 2.11. The molecular weight excluding hydrogens is 347 g/mol. The van der Waals surface area contributed by atoms with Crippen LogP contribution < -0.4 is 0 Å². The number of unbranched alkanes of at least 4 members (excludes halogenated alkanes) is 1. The molecule has 0 aliphatic heterocycles. The predicted octanol–water partition coefficient (Wildman–Crippen LogP) is 2.84. The van der Waals surface area contributed by atoms with Crippen molar-refractivity contribution < 1.29 is 20.1 Å². The van der Waals surface area contributed by atoms with Crippen molar-refractivity contribution in [1.29, 1.82) is 0 Å². The third-order valence-electron chi connectivity index (χ3n) is 2.46. The third kappa shape index (κ3) is 5.05. The zero-order valence-corrected chi connectivity index (χ0v) is 11.9. The van der Waals surface area contributed by atoms with Crippen molar-refractivity contribution in [2.75, 3.05) is 0 Å². The quantitative estimate of drug-likeness (QED) is 0.413. The van der Waals surface area contributed by atoms with Crippen LogP contribution in [0.25, 0.3) is 0 Å². The van der Waals surface area contributed by atoms with Crippen molar-refractivity contribution in [3.8, 4) is 5.75 Å². The van der Waals surface area contributed by atoms with Crippen LogP contribution in [-0.2, 0) is 4.79 Å². The van der Waals surface area contributed by atoms with Gasteiger partial charge in [-0.05, 0) is 60.1 Å². The van der Waals surface area contributed by atoms with E-state index in [1.54, 1.807) is 24.3 Å². The number of hydrogen-bond donors (Lipinski definition) is 3. The van der Waals surface area contributed by atoms with Crippen molar-refractivity contribution in [3.63, 3.8) is 0 Å². The number of rotatable bonds is 6. The predicted molar refractivity (Wildman–Crippen MR) is 76.4 cm³/mol. The van der Waals surface area contributed by atoms with E-state index in [0.717, 1.165) is 9.65 Å². The molecule has 18 heavy (non-hydrogen) atoms. The molecule has 3 N–H and O–H groups in total. The molecule has 1 rings (SSSR count). The number of carbonyl (C=O) groups is 1. The Morgan fingerprint density at radius 3 is 2.83 bits per heavy atom. The minimum absolute atomic E-state index is 0.0870. The number of aromatic hydroxyl groups is 1. The number of hydrogen-bond acceptors (Lipinski definition) is 3. The van der Waals surface area contributed by atoms with Gasteiger partial charge in [0.15, 0.2) is 0 Å². The fourth-order valence-electron chi connectivity index (χ4n) is 1.56. The molecular formula is C13H15IO4. The molecule has 1 aromatic rings. The summed E-state index contributed by atoms with van der Waals surface area (Å²) in [6, 6.07) is 5.07. The molecule has 0 aliphatic rings. The second kappa shape index (κ2) is 7.38. The molecule has 0 saturated carbocycles. The number of carboxylic acids is 1. The van der Waals surface area contributed by atoms with Crippen LogP contribution >= 0.6 is 22.6 Å². The normalized spacial score (nSPS) is 12.8. The molecule has 5 heteroatoms. The zero-order chi connectivity index (χ0) is 13.5. The second-order valence-electron chi connectivity index (χ2n) is 3.89. The highest BCUT2D eigenvalue weighted by atomic mass is 127. The van der Waals surface area contributed by atoms with E-state index in [-0.39, 0.29) is 5.75 Å².